The summed E-state index contributed by atoms with van der Waals surface area (Å²) in [4.78, 5) is 11.5. The number of aromatic nitrogens is 2. The van der Waals surface area contributed by atoms with Gasteiger partial charge in [0.15, 0.2) is 0 Å². The molecule has 13 heavy (non-hydrogen) atoms. The second-order valence-corrected chi connectivity index (χ2v) is 4.26. The molecule has 1 aromatic rings. The zero-order valence-corrected chi connectivity index (χ0v) is 8.76. The van der Waals surface area contributed by atoms with Gasteiger partial charge in [-0.05, 0) is 28.3 Å². The molecule has 0 aliphatic heterocycles. The Bertz CT molecular complexity index is 336. The van der Waals surface area contributed by atoms with Gasteiger partial charge in [0, 0.05) is 5.92 Å². The molecule has 0 aromatic carbocycles. The van der Waals surface area contributed by atoms with E-state index in [1.165, 1.54) is 0 Å². The van der Waals surface area contributed by atoms with Gasteiger partial charge in [-0.15, -0.1) is 0 Å². The summed E-state index contributed by atoms with van der Waals surface area (Å²) in [7, 11) is 0. The lowest BCUT2D eigenvalue weighted by atomic mass is 10.3. The van der Waals surface area contributed by atoms with Crippen LogP contribution in [0.3, 0.4) is 0 Å². The van der Waals surface area contributed by atoms with Crippen LogP contribution >= 0.6 is 15.9 Å². The molecule has 4 nitrogen and oxygen atoms in total. The third-order valence-electron chi connectivity index (χ3n) is 2.29. The number of H-pyrrole nitrogens is 1. The second kappa shape index (κ2) is 3.14. The van der Waals surface area contributed by atoms with Gasteiger partial charge >= 0.3 is 0 Å². The van der Waals surface area contributed by atoms with Gasteiger partial charge in [0.25, 0.3) is 0 Å². The van der Waals surface area contributed by atoms with Crippen molar-refractivity contribution >= 4 is 27.7 Å². The van der Waals surface area contributed by atoms with Crippen molar-refractivity contribution in [3.63, 3.8) is 0 Å². The summed E-state index contributed by atoms with van der Waals surface area (Å²) < 4.78 is 0.786. The van der Waals surface area contributed by atoms with Gasteiger partial charge in [-0.1, -0.05) is 6.92 Å². The van der Waals surface area contributed by atoms with E-state index >= 15 is 0 Å². The normalized spacial score (nSPS) is 25.7. The van der Waals surface area contributed by atoms with Crippen molar-refractivity contribution in [1.29, 1.82) is 0 Å². The first-order valence-corrected chi connectivity index (χ1v) is 4.97. The van der Waals surface area contributed by atoms with E-state index in [9.17, 15) is 4.79 Å². The number of amides is 1. The van der Waals surface area contributed by atoms with Crippen molar-refractivity contribution in [1.82, 2.24) is 10.2 Å². The van der Waals surface area contributed by atoms with Gasteiger partial charge in [-0.3, -0.25) is 9.89 Å². The summed E-state index contributed by atoms with van der Waals surface area (Å²) in [5.74, 6) is 1.44. The Morgan fingerprint density at radius 1 is 1.85 bits per heavy atom. The number of nitrogens with zero attached hydrogens (tertiary/aromatic N) is 1. The molecule has 1 fully saturated rings. The summed E-state index contributed by atoms with van der Waals surface area (Å²) in [5, 5.41) is 9.27. The van der Waals surface area contributed by atoms with Crippen LogP contribution in [-0.2, 0) is 4.79 Å². The molecular formula is C8H10BrN3O. The molecule has 1 heterocycles. The van der Waals surface area contributed by atoms with Crippen molar-refractivity contribution in [2.24, 2.45) is 11.8 Å². The molecular weight excluding hydrogens is 234 g/mol. The molecule has 0 radical (unpaired) electrons. The van der Waals surface area contributed by atoms with Gasteiger partial charge in [0.1, 0.15) is 5.82 Å². The van der Waals surface area contributed by atoms with Crippen LogP contribution in [0.15, 0.2) is 10.7 Å². The minimum Gasteiger partial charge on any atom is -0.310 e. The Labute approximate surface area is 84.2 Å². The highest BCUT2D eigenvalue weighted by Gasteiger charge is 2.39. The SMILES string of the molecule is CC1CC1C(=O)Nc1[nH]ncc1Br. The van der Waals surface area contributed by atoms with Gasteiger partial charge < -0.3 is 5.32 Å². The first kappa shape index (κ1) is 8.74. The van der Waals surface area contributed by atoms with Crippen LogP contribution in [0.25, 0.3) is 0 Å². The van der Waals surface area contributed by atoms with E-state index in [1.54, 1.807) is 6.20 Å². The van der Waals surface area contributed by atoms with Crippen LogP contribution in [-0.4, -0.2) is 16.1 Å². The van der Waals surface area contributed by atoms with E-state index in [2.05, 4.69) is 38.4 Å². The summed E-state index contributed by atoms with van der Waals surface area (Å²) >= 11 is 3.27. The molecule has 2 unspecified atom stereocenters. The van der Waals surface area contributed by atoms with Gasteiger partial charge in [0.05, 0.1) is 10.7 Å². The Morgan fingerprint density at radius 3 is 3.00 bits per heavy atom. The smallest absolute Gasteiger partial charge is 0.228 e. The fourth-order valence-electron chi connectivity index (χ4n) is 1.26. The lowest BCUT2D eigenvalue weighted by molar-refractivity contribution is -0.117. The van der Waals surface area contributed by atoms with Crippen molar-refractivity contribution in [2.75, 3.05) is 5.32 Å². The summed E-state index contributed by atoms with van der Waals surface area (Å²) in [6.07, 6.45) is 2.61. The summed E-state index contributed by atoms with van der Waals surface area (Å²) in [5.41, 5.74) is 0. The third kappa shape index (κ3) is 1.75. The summed E-state index contributed by atoms with van der Waals surface area (Å²) in [6, 6.07) is 0. The van der Waals surface area contributed by atoms with Crippen LogP contribution in [0, 0.1) is 11.8 Å². The second-order valence-electron chi connectivity index (χ2n) is 3.40. The largest absolute Gasteiger partial charge is 0.310 e. The van der Waals surface area contributed by atoms with Crippen molar-refractivity contribution < 1.29 is 4.79 Å². The van der Waals surface area contributed by atoms with E-state index in [-0.39, 0.29) is 11.8 Å². The van der Waals surface area contributed by atoms with Crippen molar-refractivity contribution in [3.05, 3.63) is 10.7 Å². The molecule has 0 bridgehead atoms. The molecule has 0 saturated heterocycles. The van der Waals surface area contributed by atoms with Crippen molar-refractivity contribution in [3.8, 4) is 0 Å². The Kier molecular flexibility index (Phi) is 2.11. The minimum atomic E-state index is 0.0810. The number of carbonyl (C=O) groups is 1. The standard InChI is InChI=1S/C8H10BrN3O/c1-4-2-5(4)8(13)11-7-6(9)3-10-12-7/h3-5H,2H2,1H3,(H2,10,11,12,13). The zero-order valence-electron chi connectivity index (χ0n) is 7.17. The highest BCUT2D eigenvalue weighted by atomic mass is 79.9. The van der Waals surface area contributed by atoms with E-state index in [1.807, 2.05) is 0 Å². The lowest BCUT2D eigenvalue weighted by Gasteiger charge is -2.00. The molecule has 0 spiro atoms. The molecule has 1 aromatic heterocycles. The van der Waals surface area contributed by atoms with Crippen LogP contribution < -0.4 is 5.32 Å². The average Bonchev–Trinajstić information content (AvgIpc) is 2.68. The molecule has 2 N–H and O–H groups in total. The molecule has 1 saturated carbocycles. The Hall–Kier alpha value is -0.840. The number of rotatable bonds is 2. The van der Waals surface area contributed by atoms with Gasteiger partial charge in [0.2, 0.25) is 5.91 Å². The number of aromatic amines is 1. The Balaban J connectivity index is 1.99. The quantitative estimate of drug-likeness (QED) is 0.832. The fraction of sp³-hybridized carbons (Fsp3) is 0.500. The molecule has 2 atom stereocenters. The number of halogens is 1. The highest BCUT2D eigenvalue weighted by molar-refractivity contribution is 9.10. The van der Waals surface area contributed by atoms with Crippen molar-refractivity contribution in [2.45, 2.75) is 13.3 Å². The molecule has 2 rings (SSSR count). The molecule has 70 valence electrons. The van der Waals surface area contributed by atoms with E-state index in [0.29, 0.717) is 11.7 Å². The molecule has 1 aliphatic carbocycles. The average molecular weight is 244 g/mol. The molecule has 5 heteroatoms. The molecule has 1 aliphatic rings. The monoisotopic (exact) mass is 243 g/mol. The van der Waals surface area contributed by atoms with Crippen LogP contribution in [0.1, 0.15) is 13.3 Å². The first-order chi connectivity index (χ1) is 6.18. The maximum absolute atomic E-state index is 11.5. The third-order valence-corrected chi connectivity index (χ3v) is 2.89. The zero-order chi connectivity index (χ0) is 9.42. The summed E-state index contributed by atoms with van der Waals surface area (Å²) in [6.45, 7) is 2.08. The number of nitrogens with one attached hydrogen (secondary N) is 2. The Morgan fingerprint density at radius 2 is 2.54 bits per heavy atom. The molecule has 1 amide bonds. The van der Waals surface area contributed by atoms with Crippen LogP contribution in [0.5, 0.6) is 0 Å². The van der Waals surface area contributed by atoms with Crippen LogP contribution in [0.4, 0.5) is 5.82 Å². The predicted molar refractivity (Wildman–Crippen MR) is 52.2 cm³/mol. The number of hydrogen-bond acceptors (Lipinski definition) is 2. The van der Waals surface area contributed by atoms with E-state index in [0.717, 1.165) is 10.9 Å². The minimum absolute atomic E-state index is 0.0810. The maximum atomic E-state index is 11.5. The number of carbonyl (C=O) groups excluding carboxylic acids is 1. The van der Waals surface area contributed by atoms with Gasteiger partial charge in [-0.25, -0.2) is 0 Å². The van der Waals surface area contributed by atoms with Gasteiger partial charge in [-0.2, -0.15) is 5.10 Å². The maximum Gasteiger partial charge on any atom is 0.228 e. The number of anilines is 1. The van der Waals surface area contributed by atoms with E-state index < -0.39 is 0 Å². The first-order valence-electron chi connectivity index (χ1n) is 4.18. The van der Waals surface area contributed by atoms with Crippen LogP contribution in [0.2, 0.25) is 0 Å². The highest BCUT2D eigenvalue weighted by Crippen LogP contribution is 2.38. The fourth-order valence-corrected chi connectivity index (χ4v) is 1.55. The number of hydrogen-bond donors (Lipinski definition) is 2. The lowest BCUT2D eigenvalue weighted by Crippen LogP contribution is -2.14. The van der Waals surface area contributed by atoms with E-state index in [4.69, 9.17) is 0 Å². The predicted octanol–water partition coefficient (Wildman–Crippen LogP) is 1.77. The topological polar surface area (TPSA) is 57.8 Å².